The Bertz CT molecular complexity index is 717. The Balaban J connectivity index is 0.00000312. The quantitative estimate of drug-likeness (QED) is 0.229. The van der Waals surface area contributed by atoms with Crippen molar-refractivity contribution >= 4 is 35.6 Å². The summed E-state index contributed by atoms with van der Waals surface area (Å²) in [5.41, 5.74) is 3.28. The van der Waals surface area contributed by atoms with Crippen molar-refractivity contribution in [3.05, 3.63) is 75.3 Å². The molecule has 0 atom stereocenters. The zero-order valence-corrected chi connectivity index (χ0v) is 16.7. The zero-order valence-electron chi connectivity index (χ0n) is 14.4. The fraction of sp³-hybridized carbons (Fsp3) is 0.278. The number of aryl methyl sites for hydroxylation is 1. The van der Waals surface area contributed by atoms with Crippen LogP contribution in [0, 0.1) is 17.0 Å². The Morgan fingerprint density at radius 2 is 1.84 bits per heavy atom. The van der Waals surface area contributed by atoms with Crippen molar-refractivity contribution < 1.29 is 4.92 Å². The van der Waals surface area contributed by atoms with E-state index in [-0.39, 0.29) is 29.7 Å². The van der Waals surface area contributed by atoms with Crippen LogP contribution in [0.1, 0.15) is 23.6 Å². The van der Waals surface area contributed by atoms with E-state index in [1.54, 1.807) is 12.1 Å². The summed E-state index contributed by atoms with van der Waals surface area (Å²) >= 11 is 0. The lowest BCUT2D eigenvalue weighted by Gasteiger charge is -2.11. The van der Waals surface area contributed by atoms with Gasteiger partial charge in [-0.25, -0.2) is 4.99 Å². The highest BCUT2D eigenvalue weighted by molar-refractivity contribution is 14.0. The van der Waals surface area contributed by atoms with Gasteiger partial charge in [-0.3, -0.25) is 10.1 Å². The summed E-state index contributed by atoms with van der Waals surface area (Å²) in [5, 5.41) is 17.3. The molecule has 7 heteroatoms. The Hall–Kier alpha value is -2.16. The maximum atomic E-state index is 10.8. The Morgan fingerprint density at radius 3 is 2.48 bits per heavy atom. The van der Waals surface area contributed by atoms with Crippen LogP contribution in [-0.2, 0) is 13.1 Å². The number of nitro groups is 1. The number of nitro benzene ring substituents is 1. The molecule has 0 amide bonds. The number of benzene rings is 2. The molecule has 0 aromatic heterocycles. The van der Waals surface area contributed by atoms with Crippen LogP contribution in [0.3, 0.4) is 0 Å². The number of nitrogens with zero attached hydrogens (tertiary/aromatic N) is 2. The van der Waals surface area contributed by atoms with Gasteiger partial charge in [0.2, 0.25) is 0 Å². The minimum Gasteiger partial charge on any atom is -0.357 e. The van der Waals surface area contributed by atoms with Crippen molar-refractivity contribution in [1.29, 1.82) is 0 Å². The van der Waals surface area contributed by atoms with Gasteiger partial charge in [-0.15, -0.1) is 24.0 Å². The minimum atomic E-state index is -0.395. The number of aliphatic imine (C=N–C) groups is 1. The van der Waals surface area contributed by atoms with Crippen molar-refractivity contribution in [3.8, 4) is 0 Å². The standard InChI is InChI=1S/C18H22N4O2.HI/c1-3-19-18(20-12-15-9-7-14(2)8-10-15)21-13-16-5-4-6-17(11-16)22(23)24;/h4-11H,3,12-13H2,1-2H3,(H2,19,20,21);1H. The van der Waals surface area contributed by atoms with E-state index in [9.17, 15) is 10.1 Å². The second kappa shape index (κ2) is 10.7. The summed E-state index contributed by atoms with van der Waals surface area (Å²) in [6.45, 7) is 5.85. The normalized spacial score (nSPS) is 10.7. The van der Waals surface area contributed by atoms with Crippen molar-refractivity contribution in [1.82, 2.24) is 10.6 Å². The molecule has 2 aromatic carbocycles. The topological polar surface area (TPSA) is 79.6 Å². The molecular formula is C18H23IN4O2. The van der Waals surface area contributed by atoms with Crippen molar-refractivity contribution in [3.63, 3.8) is 0 Å². The van der Waals surface area contributed by atoms with Crippen molar-refractivity contribution in [2.45, 2.75) is 26.9 Å². The lowest BCUT2D eigenvalue weighted by molar-refractivity contribution is -0.384. The second-order valence-electron chi connectivity index (χ2n) is 5.46. The van der Waals surface area contributed by atoms with Gasteiger partial charge in [-0.05, 0) is 25.0 Å². The molecule has 134 valence electrons. The van der Waals surface area contributed by atoms with Gasteiger partial charge in [-0.1, -0.05) is 42.0 Å². The molecule has 0 aliphatic rings. The first-order valence-electron chi connectivity index (χ1n) is 7.89. The number of non-ortho nitro benzene ring substituents is 1. The maximum Gasteiger partial charge on any atom is 0.269 e. The molecule has 0 unspecified atom stereocenters. The molecule has 0 aliphatic heterocycles. The van der Waals surface area contributed by atoms with E-state index in [1.807, 2.05) is 13.0 Å². The largest absolute Gasteiger partial charge is 0.357 e. The number of rotatable bonds is 6. The summed E-state index contributed by atoms with van der Waals surface area (Å²) in [6, 6.07) is 14.8. The first kappa shape index (κ1) is 20.9. The molecule has 6 nitrogen and oxygen atoms in total. The van der Waals surface area contributed by atoms with Crippen LogP contribution in [0.5, 0.6) is 0 Å². The molecule has 0 saturated heterocycles. The average Bonchev–Trinajstić information content (AvgIpc) is 2.59. The van der Waals surface area contributed by atoms with Gasteiger partial charge in [0.15, 0.2) is 5.96 Å². The zero-order chi connectivity index (χ0) is 17.4. The summed E-state index contributed by atoms with van der Waals surface area (Å²) in [7, 11) is 0. The van der Waals surface area contributed by atoms with E-state index in [0.29, 0.717) is 19.0 Å². The van der Waals surface area contributed by atoms with Gasteiger partial charge < -0.3 is 10.6 Å². The second-order valence-corrected chi connectivity index (χ2v) is 5.46. The van der Waals surface area contributed by atoms with Gasteiger partial charge in [0, 0.05) is 25.2 Å². The fourth-order valence-electron chi connectivity index (χ4n) is 2.17. The monoisotopic (exact) mass is 454 g/mol. The Morgan fingerprint density at radius 1 is 1.12 bits per heavy atom. The highest BCUT2D eigenvalue weighted by atomic mass is 127. The molecule has 0 spiro atoms. The van der Waals surface area contributed by atoms with Crippen molar-refractivity contribution in [2.24, 2.45) is 4.99 Å². The van der Waals surface area contributed by atoms with Crippen LogP contribution >= 0.6 is 24.0 Å². The van der Waals surface area contributed by atoms with E-state index in [1.165, 1.54) is 17.2 Å². The molecule has 0 heterocycles. The van der Waals surface area contributed by atoms with Gasteiger partial charge in [0.25, 0.3) is 5.69 Å². The number of hydrogen-bond acceptors (Lipinski definition) is 3. The molecule has 0 radical (unpaired) electrons. The molecule has 0 bridgehead atoms. The lowest BCUT2D eigenvalue weighted by Crippen LogP contribution is -2.36. The molecule has 2 aromatic rings. The SMILES string of the molecule is CCNC(=NCc1cccc([N+](=O)[O-])c1)NCc1ccc(C)cc1.I. The van der Waals surface area contributed by atoms with Gasteiger partial charge in [-0.2, -0.15) is 0 Å². The van der Waals surface area contributed by atoms with Crippen LogP contribution in [0.25, 0.3) is 0 Å². The first-order valence-corrected chi connectivity index (χ1v) is 7.89. The van der Waals surface area contributed by atoms with Crippen LogP contribution < -0.4 is 10.6 Å². The van der Waals surface area contributed by atoms with Gasteiger partial charge in [0.05, 0.1) is 11.5 Å². The average molecular weight is 454 g/mol. The van der Waals surface area contributed by atoms with Crippen molar-refractivity contribution in [2.75, 3.05) is 6.54 Å². The third-order valence-electron chi connectivity index (χ3n) is 3.47. The van der Waals surface area contributed by atoms with E-state index in [2.05, 4.69) is 46.8 Å². The molecule has 0 saturated carbocycles. The summed E-state index contributed by atoms with van der Waals surface area (Å²) in [5.74, 6) is 0.685. The van der Waals surface area contributed by atoms with E-state index in [0.717, 1.165) is 12.1 Å². The maximum absolute atomic E-state index is 10.8. The minimum absolute atomic E-state index is 0. The predicted molar refractivity (Wildman–Crippen MR) is 111 cm³/mol. The number of guanidine groups is 1. The predicted octanol–water partition coefficient (Wildman–Crippen LogP) is 3.78. The lowest BCUT2D eigenvalue weighted by atomic mass is 10.1. The molecule has 0 aliphatic carbocycles. The molecule has 2 rings (SSSR count). The number of hydrogen-bond donors (Lipinski definition) is 2. The van der Waals surface area contributed by atoms with Crippen LogP contribution in [0.15, 0.2) is 53.5 Å². The van der Waals surface area contributed by atoms with Crippen LogP contribution in [0.2, 0.25) is 0 Å². The number of nitrogens with one attached hydrogen (secondary N) is 2. The Kier molecular flexibility index (Phi) is 8.90. The molecule has 25 heavy (non-hydrogen) atoms. The highest BCUT2D eigenvalue weighted by Gasteiger charge is 2.05. The smallest absolute Gasteiger partial charge is 0.269 e. The van der Waals surface area contributed by atoms with Crippen LogP contribution in [0.4, 0.5) is 5.69 Å². The third-order valence-corrected chi connectivity index (χ3v) is 3.47. The molecule has 0 fully saturated rings. The van der Waals surface area contributed by atoms with E-state index in [4.69, 9.17) is 0 Å². The summed E-state index contributed by atoms with van der Waals surface area (Å²) < 4.78 is 0. The first-order chi connectivity index (χ1) is 11.6. The van der Waals surface area contributed by atoms with E-state index < -0.39 is 4.92 Å². The van der Waals surface area contributed by atoms with Gasteiger partial charge >= 0.3 is 0 Å². The molecular weight excluding hydrogens is 431 g/mol. The third kappa shape index (κ3) is 7.08. The van der Waals surface area contributed by atoms with Gasteiger partial charge in [0.1, 0.15) is 0 Å². The summed E-state index contributed by atoms with van der Waals surface area (Å²) in [4.78, 5) is 14.9. The summed E-state index contributed by atoms with van der Waals surface area (Å²) in [6.07, 6.45) is 0. The molecule has 2 N–H and O–H groups in total. The number of halogens is 1. The van der Waals surface area contributed by atoms with Crippen LogP contribution in [-0.4, -0.2) is 17.4 Å². The fourth-order valence-corrected chi connectivity index (χ4v) is 2.17. The Labute approximate surface area is 164 Å². The highest BCUT2D eigenvalue weighted by Crippen LogP contribution is 2.13. The van der Waals surface area contributed by atoms with E-state index >= 15 is 0 Å².